The molecule has 0 saturated heterocycles. The van der Waals surface area contributed by atoms with Crippen LogP contribution in [-0.2, 0) is 0 Å². The average molecular weight is 1380 g/mol. The fourth-order valence-corrected chi connectivity index (χ4v) is 15.2. The van der Waals surface area contributed by atoms with Gasteiger partial charge in [-0.1, -0.05) is 112 Å². The van der Waals surface area contributed by atoms with Gasteiger partial charge >= 0.3 is 22.5 Å². The number of hydrogen-bond donors (Lipinski definition) is 0. The summed E-state index contributed by atoms with van der Waals surface area (Å²) in [5.41, 5.74) is 14.9. The van der Waals surface area contributed by atoms with Gasteiger partial charge in [0.05, 0.1) is 44.3 Å². The summed E-state index contributed by atoms with van der Waals surface area (Å²) in [7, 11) is 0. The molecule has 0 aliphatic carbocycles. The van der Waals surface area contributed by atoms with E-state index in [1.54, 1.807) is 0 Å². The lowest BCUT2D eigenvalue weighted by Crippen LogP contribution is -2.25. The molecular weight excluding hydrogens is 1300 g/mol. The van der Waals surface area contributed by atoms with E-state index in [9.17, 15) is 19.2 Å². The molecule has 17 aromatic rings. The normalized spacial score (nSPS) is 11.7. The number of para-hydroxylation sites is 2. The van der Waals surface area contributed by atoms with Crippen molar-refractivity contribution in [3.05, 3.63) is 290 Å². The molecule has 0 saturated carbocycles. The van der Waals surface area contributed by atoms with Crippen molar-refractivity contribution in [3.63, 3.8) is 0 Å². The molecule has 11 aromatic carbocycles. The van der Waals surface area contributed by atoms with E-state index in [-0.39, 0.29) is 16.9 Å². The van der Waals surface area contributed by atoms with E-state index < -0.39 is 5.63 Å². The Bertz CT molecular complexity index is 6440. The number of unbranched alkanes of at least 4 members (excludes halogenated alkanes) is 2. The molecule has 0 atom stereocenters. The van der Waals surface area contributed by atoms with Crippen LogP contribution in [0.15, 0.2) is 286 Å². The third-order valence-corrected chi connectivity index (χ3v) is 20.7. The van der Waals surface area contributed by atoms with Gasteiger partial charge in [0.1, 0.15) is 22.3 Å². The summed E-state index contributed by atoms with van der Waals surface area (Å²) < 4.78 is 28.2. The first-order chi connectivity index (χ1) is 51.4. The van der Waals surface area contributed by atoms with Gasteiger partial charge in [-0.25, -0.2) is 19.2 Å². The number of benzene rings is 11. The van der Waals surface area contributed by atoms with E-state index in [0.29, 0.717) is 44.6 Å². The summed E-state index contributed by atoms with van der Waals surface area (Å²) in [6.07, 6.45) is 4.48. The summed E-state index contributed by atoms with van der Waals surface area (Å²) in [6.45, 7) is 18.3. The van der Waals surface area contributed by atoms with E-state index in [1.807, 2.05) is 140 Å². The van der Waals surface area contributed by atoms with Gasteiger partial charge in [0.25, 0.3) is 0 Å². The highest BCUT2D eigenvalue weighted by molar-refractivity contribution is 6.13. The molecule has 6 heterocycles. The number of aromatic nitrogens is 2. The van der Waals surface area contributed by atoms with Gasteiger partial charge in [-0.15, -0.1) is 0 Å². The zero-order valence-electron chi connectivity index (χ0n) is 59.7. The molecule has 520 valence electrons. The molecule has 13 heteroatoms. The summed E-state index contributed by atoms with van der Waals surface area (Å²) in [4.78, 5) is 61.1. The molecule has 0 amide bonds. The SMILES string of the molecule is CCCCN(CCCC)c1ccc2cc(-c3ccc4c(c3)c3cc(-c5cc6ccc(N(CC)CC)cc6oc5=O)ccc3n4-c3ccccc3)c(=O)oc2c1.CCN(CC)c1ccc2cc(-c3ccc4c(c3)c3cc(-c5cc6cc7ccccc7cc6oc5=O)ccc3n4-c3ccccc3)c(=O)oc2c1. The molecule has 105 heavy (non-hydrogen) atoms. The van der Waals surface area contributed by atoms with Crippen molar-refractivity contribution in [2.75, 3.05) is 54.0 Å². The summed E-state index contributed by atoms with van der Waals surface area (Å²) in [5, 5.41) is 9.40. The Morgan fingerprint density at radius 2 is 0.581 bits per heavy atom. The van der Waals surface area contributed by atoms with Crippen molar-refractivity contribution in [2.24, 2.45) is 0 Å². The molecule has 0 radical (unpaired) electrons. The van der Waals surface area contributed by atoms with E-state index in [1.165, 1.54) is 0 Å². The number of nitrogens with zero attached hydrogens (tertiary/aromatic N) is 5. The standard InChI is InChI=1S/C48H47N3O4.C44H32N2O4/c1-5-9-24-50(25-10-6-2)38-21-17-35-29-40(48(53)55-46(35)31-38)33-19-23-44-42(27-33)41-26-32(18-22-43(41)51(44)36-14-12-11-13-15-36)39-28-34-16-20-37(49(7-3)8-4)30-45(34)54-47(39)52;1-3-45(4-2)34-17-14-31-23-35(43(47)50-42(31)26-34)29-15-18-39-37(21-29)38-22-30(16-19-40(38)46(39)33-12-6-5-7-13-33)36-24-32-20-27-10-8-9-11-28(27)25-41(32)49-44(36)48/h11-23,26-31H,5-10,24-25H2,1-4H3;5-26H,3-4H2,1-2H3. The van der Waals surface area contributed by atoms with Crippen molar-refractivity contribution in [3.8, 4) is 55.9 Å². The predicted octanol–water partition coefficient (Wildman–Crippen LogP) is 21.9. The Labute approximate surface area is 606 Å². The van der Waals surface area contributed by atoms with Crippen LogP contribution in [0, 0.1) is 0 Å². The maximum absolute atomic E-state index is 13.7. The van der Waals surface area contributed by atoms with Crippen LogP contribution in [0.4, 0.5) is 17.1 Å². The largest absolute Gasteiger partial charge is 0.422 e. The van der Waals surface area contributed by atoms with Crippen LogP contribution in [0.25, 0.3) is 154 Å². The minimum Gasteiger partial charge on any atom is -0.422 e. The number of anilines is 3. The van der Waals surface area contributed by atoms with Crippen LogP contribution in [0.3, 0.4) is 0 Å². The van der Waals surface area contributed by atoms with E-state index in [4.69, 9.17) is 17.7 Å². The zero-order valence-corrected chi connectivity index (χ0v) is 59.7. The monoisotopic (exact) mass is 1380 g/mol. The number of rotatable bonds is 19. The predicted molar refractivity (Wildman–Crippen MR) is 434 cm³/mol. The van der Waals surface area contributed by atoms with Gasteiger partial charge in [-0.05, 0) is 219 Å². The fourth-order valence-electron chi connectivity index (χ4n) is 15.2. The number of hydrogen-bond acceptors (Lipinski definition) is 11. The molecule has 17 rings (SSSR count). The van der Waals surface area contributed by atoms with Crippen LogP contribution in [0.2, 0.25) is 0 Å². The quantitative estimate of drug-likeness (QED) is 0.0564. The Hall–Kier alpha value is -12.5. The molecule has 13 nitrogen and oxygen atoms in total. The number of fused-ring (bicyclic) bond motifs is 11. The smallest absolute Gasteiger partial charge is 0.344 e. The van der Waals surface area contributed by atoms with Crippen LogP contribution < -0.4 is 37.2 Å². The first-order valence-electron chi connectivity index (χ1n) is 36.6. The second kappa shape index (κ2) is 28.4. The van der Waals surface area contributed by atoms with E-state index in [0.717, 1.165) is 192 Å². The van der Waals surface area contributed by atoms with Gasteiger partial charge in [-0.2, -0.15) is 0 Å². The Morgan fingerprint density at radius 3 is 0.914 bits per heavy atom. The van der Waals surface area contributed by atoms with Crippen LogP contribution in [-0.4, -0.2) is 48.4 Å². The highest BCUT2D eigenvalue weighted by Gasteiger charge is 2.22. The summed E-state index contributed by atoms with van der Waals surface area (Å²) in [6, 6.07) is 82.9. The molecule has 0 bridgehead atoms. The van der Waals surface area contributed by atoms with Crippen molar-refractivity contribution in [1.29, 1.82) is 0 Å². The average Bonchev–Trinajstić information content (AvgIpc) is 1.60. The Kier molecular flexibility index (Phi) is 18.1. The van der Waals surface area contributed by atoms with E-state index in [2.05, 4.69) is 175 Å². The van der Waals surface area contributed by atoms with Crippen molar-refractivity contribution in [1.82, 2.24) is 9.13 Å². The maximum atomic E-state index is 13.7. The van der Waals surface area contributed by atoms with Gasteiger partial charge in [0.15, 0.2) is 0 Å². The fraction of sp³-hybridized carbons (Fsp3) is 0.174. The Morgan fingerprint density at radius 1 is 0.276 bits per heavy atom. The molecule has 0 fully saturated rings. The lowest BCUT2D eigenvalue weighted by atomic mass is 10.00. The maximum Gasteiger partial charge on any atom is 0.344 e. The Balaban J connectivity index is 0.000000162. The first-order valence-corrected chi connectivity index (χ1v) is 36.6. The van der Waals surface area contributed by atoms with Crippen LogP contribution in [0.5, 0.6) is 0 Å². The lowest BCUT2D eigenvalue weighted by Gasteiger charge is -2.24. The van der Waals surface area contributed by atoms with Crippen LogP contribution >= 0.6 is 0 Å². The summed E-state index contributed by atoms with van der Waals surface area (Å²) >= 11 is 0. The van der Waals surface area contributed by atoms with Gasteiger partial charge in [0.2, 0.25) is 0 Å². The highest BCUT2D eigenvalue weighted by atomic mass is 16.4. The molecule has 6 aromatic heterocycles. The lowest BCUT2D eigenvalue weighted by molar-refractivity contribution is 0.563. The van der Waals surface area contributed by atoms with Crippen molar-refractivity contribution >= 4 is 115 Å². The van der Waals surface area contributed by atoms with E-state index >= 15 is 0 Å². The second-order valence-corrected chi connectivity index (χ2v) is 27.0. The second-order valence-electron chi connectivity index (χ2n) is 27.0. The molecule has 0 aliphatic heterocycles. The molecule has 0 N–H and O–H groups in total. The summed E-state index contributed by atoms with van der Waals surface area (Å²) in [5.74, 6) is 0. The van der Waals surface area contributed by atoms with Crippen molar-refractivity contribution in [2.45, 2.75) is 67.2 Å². The van der Waals surface area contributed by atoms with Gasteiger partial charge in [0, 0.05) is 129 Å². The van der Waals surface area contributed by atoms with Crippen LogP contribution in [0.1, 0.15) is 67.2 Å². The molecule has 0 unspecified atom stereocenters. The topological polar surface area (TPSA) is 140 Å². The highest BCUT2D eigenvalue weighted by Crippen LogP contribution is 2.41. The minimum absolute atomic E-state index is 0.372. The minimum atomic E-state index is -0.391. The van der Waals surface area contributed by atoms with Gasteiger partial charge < -0.3 is 41.5 Å². The third-order valence-electron chi connectivity index (χ3n) is 20.7. The third kappa shape index (κ3) is 12.6. The van der Waals surface area contributed by atoms with Crippen molar-refractivity contribution < 1.29 is 17.7 Å². The van der Waals surface area contributed by atoms with Gasteiger partial charge in [-0.3, -0.25) is 0 Å². The zero-order chi connectivity index (χ0) is 72.0. The molecule has 0 spiro atoms. The molecule has 0 aliphatic rings. The molecular formula is C92H79N5O8. The first kappa shape index (κ1) is 67.0.